The number of nitrogens with zero attached hydrogens (tertiary/aromatic N) is 2. The normalized spacial score (nSPS) is 20.7. The van der Waals surface area contributed by atoms with Gasteiger partial charge in [0.25, 0.3) is 11.7 Å². The van der Waals surface area contributed by atoms with E-state index in [-0.39, 0.29) is 28.1 Å². The average Bonchev–Trinajstić information content (AvgIpc) is 3.14. The van der Waals surface area contributed by atoms with Crippen LogP contribution in [0.5, 0.6) is 0 Å². The first-order valence-electron chi connectivity index (χ1n) is 11.9. The number of piperidine rings is 1. The van der Waals surface area contributed by atoms with Crippen molar-refractivity contribution in [1.29, 1.82) is 0 Å². The quantitative estimate of drug-likeness (QED) is 0.249. The molecular weight excluding hydrogens is 487 g/mol. The molecule has 2 aliphatic heterocycles. The number of carbonyl (C=O) groups is 2. The first kappa shape index (κ1) is 26.0. The molecule has 0 saturated carbocycles. The van der Waals surface area contributed by atoms with E-state index in [1.54, 1.807) is 6.07 Å². The van der Waals surface area contributed by atoms with Crippen molar-refractivity contribution in [3.05, 3.63) is 71.0 Å². The van der Waals surface area contributed by atoms with Crippen molar-refractivity contribution >= 4 is 27.5 Å². The molecule has 2 fully saturated rings. The predicted molar refractivity (Wildman–Crippen MR) is 131 cm³/mol. The first-order chi connectivity index (χ1) is 17.3. The Labute approximate surface area is 210 Å². The second-order valence-corrected chi connectivity index (χ2v) is 10.8. The van der Waals surface area contributed by atoms with Gasteiger partial charge in [-0.3, -0.25) is 9.59 Å². The van der Waals surface area contributed by atoms with Crippen LogP contribution in [0.15, 0.2) is 59.0 Å². The second kappa shape index (κ2) is 10.9. The Morgan fingerprint density at radius 2 is 1.72 bits per heavy atom. The third-order valence-corrected chi connectivity index (χ3v) is 8.48. The van der Waals surface area contributed by atoms with Crippen molar-refractivity contribution in [2.75, 3.05) is 33.4 Å². The van der Waals surface area contributed by atoms with E-state index in [4.69, 9.17) is 4.74 Å². The molecule has 1 atom stereocenters. The fourth-order valence-corrected chi connectivity index (χ4v) is 6.22. The third-order valence-electron chi connectivity index (χ3n) is 6.57. The molecule has 2 saturated heterocycles. The van der Waals surface area contributed by atoms with Crippen LogP contribution in [0.2, 0.25) is 0 Å². The van der Waals surface area contributed by atoms with Gasteiger partial charge in [-0.1, -0.05) is 24.6 Å². The summed E-state index contributed by atoms with van der Waals surface area (Å²) < 4.78 is 47.2. The highest BCUT2D eigenvalue weighted by molar-refractivity contribution is 7.89. The van der Waals surface area contributed by atoms with Crippen LogP contribution in [0.3, 0.4) is 0 Å². The van der Waals surface area contributed by atoms with Crippen LogP contribution in [-0.4, -0.2) is 67.8 Å². The Morgan fingerprint density at radius 1 is 1.06 bits per heavy atom. The molecule has 0 radical (unpaired) electrons. The van der Waals surface area contributed by atoms with Gasteiger partial charge < -0.3 is 14.7 Å². The van der Waals surface area contributed by atoms with E-state index in [2.05, 4.69) is 0 Å². The number of carbonyl (C=O) groups excluding carboxylic acids is 2. The molecule has 36 heavy (non-hydrogen) atoms. The minimum Gasteiger partial charge on any atom is -0.507 e. The summed E-state index contributed by atoms with van der Waals surface area (Å²) in [5, 5.41) is 11.1. The van der Waals surface area contributed by atoms with Crippen molar-refractivity contribution in [3.8, 4) is 0 Å². The molecule has 2 aromatic rings. The van der Waals surface area contributed by atoms with Crippen molar-refractivity contribution in [2.24, 2.45) is 0 Å². The molecule has 192 valence electrons. The van der Waals surface area contributed by atoms with Gasteiger partial charge in [-0.05, 0) is 49.6 Å². The second-order valence-electron chi connectivity index (χ2n) is 8.85. The van der Waals surface area contributed by atoms with Crippen LogP contribution < -0.4 is 0 Å². The summed E-state index contributed by atoms with van der Waals surface area (Å²) in [6.07, 6.45) is 3.01. The van der Waals surface area contributed by atoms with E-state index in [9.17, 15) is 27.5 Å². The highest BCUT2D eigenvalue weighted by atomic mass is 32.2. The van der Waals surface area contributed by atoms with Crippen molar-refractivity contribution in [2.45, 2.75) is 36.6 Å². The van der Waals surface area contributed by atoms with E-state index in [1.807, 2.05) is 0 Å². The van der Waals surface area contributed by atoms with Crippen LogP contribution in [0.4, 0.5) is 4.39 Å². The van der Waals surface area contributed by atoms with Gasteiger partial charge in [0, 0.05) is 44.5 Å². The van der Waals surface area contributed by atoms with Gasteiger partial charge >= 0.3 is 0 Å². The number of ketones is 1. The van der Waals surface area contributed by atoms with Crippen molar-refractivity contribution in [3.63, 3.8) is 0 Å². The van der Waals surface area contributed by atoms with Gasteiger partial charge in [0.2, 0.25) is 10.0 Å². The van der Waals surface area contributed by atoms with Crippen LogP contribution in [0.1, 0.15) is 42.9 Å². The van der Waals surface area contributed by atoms with Crippen LogP contribution >= 0.6 is 0 Å². The molecule has 1 unspecified atom stereocenters. The number of hydrogen-bond acceptors (Lipinski definition) is 6. The lowest BCUT2D eigenvalue weighted by molar-refractivity contribution is -0.140. The number of Topliss-reactive ketones (excluding diaryl/α,β-unsaturated/α-hetero) is 1. The first-order valence-corrected chi connectivity index (χ1v) is 13.3. The van der Waals surface area contributed by atoms with E-state index < -0.39 is 39.3 Å². The Balaban J connectivity index is 1.73. The lowest BCUT2D eigenvalue weighted by Crippen LogP contribution is -2.35. The van der Waals surface area contributed by atoms with Gasteiger partial charge in [-0.2, -0.15) is 4.31 Å². The Hall–Kier alpha value is -3.08. The van der Waals surface area contributed by atoms with E-state index >= 15 is 0 Å². The fourth-order valence-electron chi connectivity index (χ4n) is 4.70. The largest absolute Gasteiger partial charge is 0.507 e. The van der Waals surface area contributed by atoms with Gasteiger partial charge in [0.15, 0.2) is 0 Å². The predicted octanol–water partition coefficient (Wildman–Crippen LogP) is 3.46. The number of benzene rings is 2. The third kappa shape index (κ3) is 4.93. The molecule has 8 nitrogen and oxygen atoms in total. The summed E-state index contributed by atoms with van der Waals surface area (Å²) in [4.78, 5) is 27.2. The highest BCUT2D eigenvalue weighted by Gasteiger charge is 2.46. The number of ether oxygens (including phenoxy) is 1. The van der Waals surface area contributed by atoms with Crippen LogP contribution in [-0.2, 0) is 24.3 Å². The molecule has 10 heteroatoms. The highest BCUT2D eigenvalue weighted by Crippen LogP contribution is 2.40. The summed E-state index contributed by atoms with van der Waals surface area (Å²) in [6, 6.07) is 10.2. The van der Waals surface area contributed by atoms with Crippen LogP contribution in [0.25, 0.3) is 5.76 Å². The topological polar surface area (TPSA) is 104 Å². The van der Waals surface area contributed by atoms with Crippen molar-refractivity contribution < 1.29 is 32.2 Å². The summed E-state index contributed by atoms with van der Waals surface area (Å²) in [5.41, 5.74) is -0.00190. The maximum absolute atomic E-state index is 14.8. The number of aliphatic hydroxyl groups excluding tert-OH is 1. The molecule has 1 amide bonds. The number of rotatable bonds is 8. The number of amides is 1. The monoisotopic (exact) mass is 516 g/mol. The van der Waals surface area contributed by atoms with Gasteiger partial charge in [0.05, 0.1) is 16.5 Å². The molecule has 1 N–H and O–H groups in total. The SMILES string of the molecule is COCCCN1C(=O)C(=O)/C(=C(/O)c2ccc(S(=O)(=O)N3CCCCC3)cc2)C1c1ccccc1F. The zero-order chi connectivity index (χ0) is 25.9. The number of hydrogen-bond donors (Lipinski definition) is 1. The molecule has 4 rings (SSSR count). The van der Waals surface area contributed by atoms with E-state index in [0.29, 0.717) is 26.1 Å². The molecule has 0 bridgehead atoms. The number of sulfonamides is 1. The van der Waals surface area contributed by atoms with E-state index in [1.165, 1.54) is 58.8 Å². The zero-order valence-corrected chi connectivity index (χ0v) is 20.8. The molecule has 0 aliphatic carbocycles. The standard InChI is InChI=1S/C26H29FN2O6S/c1-35-17-7-16-29-23(20-8-3-4-9-21(20)27)22(25(31)26(29)32)24(30)18-10-12-19(13-11-18)36(33,34)28-14-5-2-6-15-28/h3-4,8-13,23,30H,2,5-7,14-17H2,1H3/b24-22+. The summed E-state index contributed by atoms with van der Waals surface area (Å²) in [7, 11) is -2.17. The molecular formula is C26H29FN2O6S. The minimum absolute atomic E-state index is 0.0756. The molecule has 2 aliphatic rings. The summed E-state index contributed by atoms with van der Waals surface area (Å²) in [5.74, 6) is -2.87. The van der Waals surface area contributed by atoms with Gasteiger partial charge in [0.1, 0.15) is 11.6 Å². The number of aliphatic hydroxyl groups is 1. The number of methoxy groups -OCH3 is 1. The summed E-state index contributed by atoms with van der Waals surface area (Å²) >= 11 is 0. The maximum Gasteiger partial charge on any atom is 0.295 e. The Morgan fingerprint density at radius 3 is 2.36 bits per heavy atom. The lowest BCUT2D eigenvalue weighted by atomic mass is 9.95. The number of halogens is 1. The molecule has 0 aromatic heterocycles. The fraction of sp³-hybridized carbons (Fsp3) is 0.385. The maximum atomic E-state index is 14.8. The van der Waals surface area contributed by atoms with E-state index in [0.717, 1.165) is 19.3 Å². The molecule has 2 aromatic carbocycles. The Bertz CT molecular complexity index is 1270. The average molecular weight is 517 g/mol. The Kier molecular flexibility index (Phi) is 7.87. The summed E-state index contributed by atoms with van der Waals surface area (Å²) in [6.45, 7) is 1.37. The lowest BCUT2D eigenvalue weighted by Gasteiger charge is -2.26. The molecule has 0 spiro atoms. The number of likely N-dealkylation sites (tertiary alicyclic amines) is 1. The van der Waals surface area contributed by atoms with Crippen molar-refractivity contribution in [1.82, 2.24) is 9.21 Å². The minimum atomic E-state index is -3.68. The zero-order valence-electron chi connectivity index (χ0n) is 20.0. The smallest absolute Gasteiger partial charge is 0.295 e. The van der Waals surface area contributed by atoms with Gasteiger partial charge in [-0.25, -0.2) is 12.8 Å². The molecule has 2 heterocycles. The van der Waals surface area contributed by atoms with Gasteiger partial charge in [-0.15, -0.1) is 0 Å². The van der Waals surface area contributed by atoms with Crippen LogP contribution in [0, 0.1) is 5.82 Å².